The van der Waals surface area contributed by atoms with Gasteiger partial charge in [-0.2, -0.15) is 0 Å². The molecule has 2 aromatic heterocycles. The van der Waals surface area contributed by atoms with E-state index in [1.807, 2.05) is 0 Å². The van der Waals surface area contributed by atoms with Gasteiger partial charge in [-0.25, -0.2) is 9.97 Å². The largest absolute Gasteiger partial charge is 0.349 e. The van der Waals surface area contributed by atoms with Crippen molar-refractivity contribution in [2.75, 3.05) is 5.32 Å². The van der Waals surface area contributed by atoms with Crippen LogP contribution in [0.4, 0.5) is 11.6 Å². The second kappa shape index (κ2) is 3.45. The number of anilines is 2. The van der Waals surface area contributed by atoms with Crippen LogP contribution in [0, 0.1) is 0 Å². The summed E-state index contributed by atoms with van der Waals surface area (Å²) >= 11 is 5.68. The lowest BCUT2D eigenvalue weighted by atomic mass is 10.4. The molecule has 2 rings (SSSR count). The summed E-state index contributed by atoms with van der Waals surface area (Å²) in [6.45, 7) is 0. The first-order valence-corrected chi connectivity index (χ1v) is 4.10. The topological polar surface area (TPSA) is 53.6 Å². The number of nitrogens with one attached hydrogen (secondary N) is 2. The average molecular weight is 195 g/mol. The number of aromatic amines is 1. The molecule has 0 aliphatic rings. The van der Waals surface area contributed by atoms with E-state index < -0.39 is 0 Å². The van der Waals surface area contributed by atoms with E-state index in [0.717, 1.165) is 11.6 Å². The molecule has 0 atom stereocenters. The fourth-order valence-electron chi connectivity index (χ4n) is 0.910. The van der Waals surface area contributed by atoms with E-state index in [-0.39, 0.29) is 0 Å². The highest BCUT2D eigenvalue weighted by atomic mass is 35.5. The summed E-state index contributed by atoms with van der Waals surface area (Å²) in [5, 5.41) is 3.62. The van der Waals surface area contributed by atoms with Gasteiger partial charge in [0.2, 0.25) is 0 Å². The van der Waals surface area contributed by atoms with Gasteiger partial charge >= 0.3 is 0 Å². The lowest BCUT2D eigenvalue weighted by Gasteiger charge is -2.00. The number of H-pyrrole nitrogens is 1. The minimum atomic E-state index is 0.618. The Morgan fingerprint density at radius 1 is 1.23 bits per heavy atom. The molecule has 2 N–H and O–H groups in total. The second-order valence-electron chi connectivity index (χ2n) is 2.44. The van der Waals surface area contributed by atoms with E-state index >= 15 is 0 Å². The molecule has 2 aromatic rings. The van der Waals surface area contributed by atoms with E-state index in [9.17, 15) is 0 Å². The maximum Gasteiger partial charge on any atom is 0.149 e. The molecule has 0 unspecified atom stereocenters. The van der Waals surface area contributed by atoms with Gasteiger partial charge < -0.3 is 10.3 Å². The van der Waals surface area contributed by atoms with Gasteiger partial charge in [0, 0.05) is 12.4 Å². The van der Waals surface area contributed by atoms with Gasteiger partial charge in [0.25, 0.3) is 0 Å². The van der Waals surface area contributed by atoms with Crippen molar-refractivity contribution in [2.24, 2.45) is 0 Å². The minimum absolute atomic E-state index is 0.618. The van der Waals surface area contributed by atoms with Crippen molar-refractivity contribution < 1.29 is 0 Å². The Balaban J connectivity index is 2.15. The molecule has 5 heteroatoms. The summed E-state index contributed by atoms with van der Waals surface area (Å²) in [4.78, 5) is 10.9. The predicted molar refractivity (Wildman–Crippen MR) is 51.1 cm³/mol. The smallest absolute Gasteiger partial charge is 0.149 e. The molecule has 0 aromatic carbocycles. The fourth-order valence-corrected chi connectivity index (χ4v) is 1.02. The van der Waals surface area contributed by atoms with E-state index in [0.29, 0.717) is 5.02 Å². The molecule has 0 fully saturated rings. The number of hydrogen-bond donors (Lipinski definition) is 2. The van der Waals surface area contributed by atoms with Crippen molar-refractivity contribution >= 4 is 23.2 Å². The molecule has 0 amide bonds. The van der Waals surface area contributed by atoms with Crippen molar-refractivity contribution in [3.8, 4) is 0 Å². The van der Waals surface area contributed by atoms with Crippen molar-refractivity contribution in [2.45, 2.75) is 0 Å². The van der Waals surface area contributed by atoms with Crippen molar-refractivity contribution in [1.29, 1.82) is 0 Å². The average Bonchev–Trinajstić information content (AvgIpc) is 2.62. The number of imidazole rings is 1. The number of rotatable bonds is 2. The molecular formula is C8H7ClN4. The molecule has 0 saturated heterocycles. The summed E-state index contributed by atoms with van der Waals surface area (Å²) < 4.78 is 0. The van der Waals surface area contributed by atoms with Crippen molar-refractivity contribution in [3.63, 3.8) is 0 Å². The van der Waals surface area contributed by atoms with Crippen LogP contribution >= 0.6 is 11.6 Å². The third kappa shape index (κ3) is 1.97. The first-order chi connectivity index (χ1) is 6.34. The number of aromatic nitrogens is 3. The van der Waals surface area contributed by atoms with Gasteiger partial charge in [0.15, 0.2) is 0 Å². The fraction of sp³-hybridized carbons (Fsp3) is 0. The molecule has 0 radical (unpaired) electrons. The van der Waals surface area contributed by atoms with Crippen LogP contribution in [-0.4, -0.2) is 15.0 Å². The molecule has 4 nitrogen and oxygen atoms in total. The highest BCUT2D eigenvalue weighted by Gasteiger charge is 1.96. The van der Waals surface area contributed by atoms with E-state index in [1.54, 1.807) is 30.9 Å². The van der Waals surface area contributed by atoms with Crippen LogP contribution in [0.3, 0.4) is 0 Å². The Kier molecular flexibility index (Phi) is 2.14. The van der Waals surface area contributed by atoms with Gasteiger partial charge in [-0.05, 0) is 12.1 Å². The lowest BCUT2D eigenvalue weighted by molar-refractivity contribution is 1.27. The standard InChI is InChI=1S/C8H7ClN4/c9-6-1-2-7(11-3-6)13-8-4-10-5-12-8/h1-5H,(H,10,12)(H,11,13). The Morgan fingerprint density at radius 2 is 2.15 bits per heavy atom. The number of halogens is 1. The zero-order chi connectivity index (χ0) is 9.10. The van der Waals surface area contributed by atoms with E-state index in [2.05, 4.69) is 20.3 Å². The van der Waals surface area contributed by atoms with Crippen LogP contribution in [0.15, 0.2) is 30.9 Å². The third-order valence-corrected chi connectivity index (χ3v) is 1.71. The van der Waals surface area contributed by atoms with Gasteiger partial charge in [0.1, 0.15) is 11.6 Å². The predicted octanol–water partition coefficient (Wildman–Crippen LogP) is 2.20. The molecule has 0 saturated carbocycles. The summed E-state index contributed by atoms with van der Waals surface area (Å²) in [6.07, 6.45) is 4.92. The maximum absolute atomic E-state index is 5.68. The molecule has 0 aliphatic carbocycles. The molecular weight excluding hydrogens is 188 g/mol. The SMILES string of the molecule is Clc1ccc(Nc2c[nH]cn2)nc1. The van der Waals surface area contributed by atoms with Crippen LogP contribution in [0.1, 0.15) is 0 Å². The Morgan fingerprint density at radius 3 is 2.77 bits per heavy atom. The van der Waals surface area contributed by atoms with Crippen LogP contribution in [-0.2, 0) is 0 Å². The number of pyridine rings is 1. The van der Waals surface area contributed by atoms with Gasteiger partial charge in [0.05, 0.1) is 11.3 Å². The van der Waals surface area contributed by atoms with Crippen molar-refractivity contribution in [1.82, 2.24) is 15.0 Å². The first-order valence-electron chi connectivity index (χ1n) is 3.72. The van der Waals surface area contributed by atoms with E-state index in [4.69, 9.17) is 11.6 Å². The van der Waals surface area contributed by atoms with Gasteiger partial charge in [-0.3, -0.25) is 0 Å². The Bertz CT molecular complexity index is 368. The summed E-state index contributed by atoms with van der Waals surface area (Å²) in [5.74, 6) is 1.45. The van der Waals surface area contributed by atoms with Gasteiger partial charge in [-0.15, -0.1) is 0 Å². The molecule has 0 bridgehead atoms. The van der Waals surface area contributed by atoms with Crippen LogP contribution in [0.25, 0.3) is 0 Å². The summed E-state index contributed by atoms with van der Waals surface area (Å²) in [7, 11) is 0. The lowest BCUT2D eigenvalue weighted by Crippen LogP contribution is -1.92. The molecule has 13 heavy (non-hydrogen) atoms. The number of nitrogens with zero attached hydrogens (tertiary/aromatic N) is 2. The number of hydrogen-bond acceptors (Lipinski definition) is 3. The highest BCUT2D eigenvalue weighted by Crippen LogP contribution is 2.13. The quantitative estimate of drug-likeness (QED) is 0.771. The second-order valence-corrected chi connectivity index (χ2v) is 2.88. The summed E-state index contributed by atoms with van der Waals surface area (Å²) in [5.41, 5.74) is 0. The zero-order valence-corrected chi connectivity index (χ0v) is 7.42. The first kappa shape index (κ1) is 8.07. The summed E-state index contributed by atoms with van der Waals surface area (Å²) in [6, 6.07) is 3.56. The van der Waals surface area contributed by atoms with Crippen molar-refractivity contribution in [3.05, 3.63) is 35.9 Å². The highest BCUT2D eigenvalue weighted by molar-refractivity contribution is 6.30. The van der Waals surface area contributed by atoms with E-state index in [1.165, 1.54) is 0 Å². The maximum atomic E-state index is 5.68. The normalized spacial score (nSPS) is 9.92. The Labute approximate surface area is 80.0 Å². The molecule has 0 spiro atoms. The third-order valence-electron chi connectivity index (χ3n) is 1.48. The molecule has 2 heterocycles. The van der Waals surface area contributed by atoms with Gasteiger partial charge in [-0.1, -0.05) is 11.6 Å². The van der Waals surface area contributed by atoms with Crippen LogP contribution in [0.5, 0.6) is 0 Å². The molecule has 66 valence electrons. The zero-order valence-electron chi connectivity index (χ0n) is 6.66. The van der Waals surface area contributed by atoms with Crippen LogP contribution in [0.2, 0.25) is 5.02 Å². The molecule has 0 aliphatic heterocycles. The van der Waals surface area contributed by atoms with Crippen LogP contribution < -0.4 is 5.32 Å². The monoisotopic (exact) mass is 194 g/mol. The minimum Gasteiger partial charge on any atom is -0.349 e. The Hall–Kier alpha value is -1.55.